The van der Waals surface area contributed by atoms with Crippen LogP contribution >= 0.6 is 0 Å². The number of hydrogen-bond acceptors (Lipinski definition) is 4. The van der Waals surface area contributed by atoms with Gasteiger partial charge in [-0.2, -0.15) is 26.0 Å². The Morgan fingerprint density at radius 3 is 1.88 bits per heavy atom. The molecule has 0 saturated heterocycles. The maximum absolute atomic E-state index is 13.0. The van der Waals surface area contributed by atoms with Crippen molar-refractivity contribution in [2.24, 2.45) is 0 Å². The molecule has 0 fully saturated rings. The normalized spacial score (nSPS) is 17.9. The maximum Gasteiger partial charge on any atom is 0.490 e. The highest BCUT2D eigenvalue weighted by Gasteiger charge is 2.62. The van der Waals surface area contributed by atoms with Crippen molar-refractivity contribution in [1.82, 2.24) is 0 Å². The van der Waals surface area contributed by atoms with Crippen LogP contribution in [0.5, 0.6) is 0 Å². The summed E-state index contributed by atoms with van der Waals surface area (Å²) >= 11 is 0. The van der Waals surface area contributed by atoms with E-state index in [4.69, 9.17) is 4.55 Å². The average Bonchev–Trinajstić information content (AvgIpc) is 1.98. The van der Waals surface area contributed by atoms with Gasteiger partial charge in [0.15, 0.2) is 6.86 Å². The zero-order valence-corrected chi connectivity index (χ0v) is 8.78. The number of halogens is 6. The fourth-order valence-corrected chi connectivity index (χ4v) is 0.794. The molecular weight excluding hydrogens is 286 g/mol. The van der Waals surface area contributed by atoms with Gasteiger partial charge < -0.3 is 0 Å². The molecule has 0 rings (SSSR count). The number of hydrogen-bond donors (Lipinski definition) is 1. The largest absolute Gasteiger partial charge is 0.490 e. The lowest BCUT2D eigenvalue weighted by Gasteiger charge is -2.30. The van der Waals surface area contributed by atoms with Crippen molar-refractivity contribution in [1.29, 1.82) is 0 Å². The standard InChI is InChI=1S/C5H6F6O5S/c1-3(7,4(8,9)15-2-6)16-5(10,11)17(12,13)14/h2H2,1H3,(H,12,13,14). The lowest BCUT2D eigenvalue weighted by atomic mass is 10.3. The predicted molar refractivity (Wildman–Crippen MR) is 39.1 cm³/mol. The summed E-state index contributed by atoms with van der Waals surface area (Å²) in [6.45, 7) is -2.57. The van der Waals surface area contributed by atoms with Gasteiger partial charge in [0.1, 0.15) is 0 Å². The van der Waals surface area contributed by atoms with Crippen LogP contribution in [0.25, 0.3) is 0 Å². The molecule has 0 amide bonds. The van der Waals surface area contributed by atoms with Crippen LogP contribution in [0, 0.1) is 0 Å². The lowest BCUT2D eigenvalue weighted by molar-refractivity contribution is -0.420. The van der Waals surface area contributed by atoms with Gasteiger partial charge in [0.25, 0.3) is 0 Å². The summed E-state index contributed by atoms with van der Waals surface area (Å²) < 4.78 is 108. The van der Waals surface area contributed by atoms with Gasteiger partial charge in [0.05, 0.1) is 0 Å². The van der Waals surface area contributed by atoms with E-state index in [0.717, 1.165) is 0 Å². The fourth-order valence-electron chi connectivity index (χ4n) is 0.533. The van der Waals surface area contributed by atoms with Crippen LogP contribution in [-0.2, 0) is 19.6 Å². The van der Waals surface area contributed by atoms with Crippen LogP contribution in [0.2, 0.25) is 0 Å². The van der Waals surface area contributed by atoms with Gasteiger partial charge in [0.2, 0.25) is 0 Å². The van der Waals surface area contributed by atoms with Crippen molar-refractivity contribution in [2.75, 3.05) is 6.86 Å². The van der Waals surface area contributed by atoms with E-state index in [1.165, 1.54) is 0 Å². The second kappa shape index (κ2) is 4.59. The van der Waals surface area contributed by atoms with E-state index in [2.05, 4.69) is 9.47 Å². The van der Waals surface area contributed by atoms with E-state index in [0.29, 0.717) is 0 Å². The van der Waals surface area contributed by atoms with Crippen LogP contribution in [0.3, 0.4) is 0 Å². The van der Waals surface area contributed by atoms with Crippen molar-refractivity contribution >= 4 is 10.1 Å². The smallest absolute Gasteiger partial charge is 0.284 e. The van der Waals surface area contributed by atoms with Crippen molar-refractivity contribution in [3.63, 3.8) is 0 Å². The van der Waals surface area contributed by atoms with Gasteiger partial charge in [-0.05, 0) is 0 Å². The van der Waals surface area contributed by atoms with E-state index in [9.17, 15) is 34.8 Å². The molecule has 104 valence electrons. The Hall–Kier alpha value is -0.590. The van der Waals surface area contributed by atoms with Gasteiger partial charge in [-0.25, -0.2) is 8.78 Å². The Bertz CT molecular complexity index is 365. The third kappa shape index (κ3) is 3.69. The van der Waals surface area contributed by atoms with E-state index in [1.54, 1.807) is 0 Å². The number of alkyl halides is 6. The molecule has 0 aromatic carbocycles. The van der Waals surface area contributed by atoms with Crippen molar-refractivity contribution in [3.8, 4) is 0 Å². The Morgan fingerprint density at radius 2 is 1.59 bits per heavy atom. The summed E-state index contributed by atoms with van der Waals surface area (Å²) in [4.78, 5) is 0. The van der Waals surface area contributed by atoms with Gasteiger partial charge in [-0.15, -0.1) is 0 Å². The molecule has 0 saturated carbocycles. The molecule has 0 aliphatic rings. The Labute approximate surface area is 91.0 Å². The summed E-state index contributed by atoms with van der Waals surface area (Å²) in [5.74, 6) is -4.70. The highest BCUT2D eigenvalue weighted by atomic mass is 32.2. The first-order valence-corrected chi connectivity index (χ1v) is 5.02. The number of ether oxygens (including phenoxy) is 2. The van der Waals surface area contributed by atoms with Crippen molar-refractivity contribution in [2.45, 2.75) is 24.3 Å². The molecule has 0 radical (unpaired) electrons. The highest BCUT2D eigenvalue weighted by Crippen LogP contribution is 2.40. The van der Waals surface area contributed by atoms with Crippen LogP contribution < -0.4 is 0 Å². The summed E-state index contributed by atoms with van der Waals surface area (Å²) in [5, 5.41) is 0. The average molecular weight is 292 g/mol. The Morgan fingerprint density at radius 1 is 1.18 bits per heavy atom. The quantitative estimate of drug-likeness (QED) is 0.595. The third-order valence-corrected chi connectivity index (χ3v) is 2.05. The maximum atomic E-state index is 13.0. The van der Waals surface area contributed by atoms with Gasteiger partial charge in [-0.3, -0.25) is 14.0 Å². The molecular formula is C5H6F6O5S. The topological polar surface area (TPSA) is 72.8 Å². The van der Waals surface area contributed by atoms with E-state index in [1.807, 2.05) is 0 Å². The highest BCUT2D eigenvalue weighted by molar-refractivity contribution is 7.86. The van der Waals surface area contributed by atoms with Gasteiger partial charge in [0, 0.05) is 6.92 Å². The summed E-state index contributed by atoms with van der Waals surface area (Å²) in [6.07, 6.45) is -5.20. The zero-order chi connectivity index (χ0) is 14.1. The second-order valence-electron chi connectivity index (χ2n) is 2.73. The van der Waals surface area contributed by atoms with E-state index >= 15 is 0 Å². The summed E-state index contributed by atoms with van der Waals surface area (Å²) in [6, 6.07) is 0. The summed E-state index contributed by atoms with van der Waals surface area (Å²) in [7, 11) is -6.29. The van der Waals surface area contributed by atoms with Crippen LogP contribution in [0.1, 0.15) is 6.92 Å². The Kier molecular flexibility index (Phi) is 4.43. The van der Waals surface area contributed by atoms with Crippen LogP contribution in [-0.4, -0.2) is 37.2 Å². The molecule has 0 heterocycles. The minimum Gasteiger partial charge on any atom is -0.284 e. The predicted octanol–water partition coefficient (Wildman–Crippen LogP) is 1.66. The first kappa shape index (κ1) is 16.4. The molecule has 0 aliphatic heterocycles. The lowest BCUT2D eigenvalue weighted by Crippen LogP contribution is -2.51. The van der Waals surface area contributed by atoms with Crippen LogP contribution in [0.15, 0.2) is 0 Å². The molecule has 0 spiro atoms. The first-order valence-electron chi connectivity index (χ1n) is 3.58. The van der Waals surface area contributed by atoms with E-state index < -0.39 is 34.4 Å². The molecule has 5 nitrogen and oxygen atoms in total. The molecule has 17 heavy (non-hydrogen) atoms. The molecule has 0 aromatic rings. The fraction of sp³-hybridized carbons (Fsp3) is 1.00. The molecule has 1 N–H and O–H groups in total. The first-order chi connectivity index (χ1) is 7.27. The van der Waals surface area contributed by atoms with Gasteiger partial charge in [-0.1, -0.05) is 0 Å². The Balaban J connectivity index is 5.13. The number of rotatable bonds is 6. The molecule has 12 heteroatoms. The molecule has 0 bridgehead atoms. The van der Waals surface area contributed by atoms with E-state index in [-0.39, 0.29) is 6.92 Å². The second-order valence-corrected chi connectivity index (χ2v) is 4.15. The summed E-state index contributed by atoms with van der Waals surface area (Å²) in [5.41, 5.74) is -5.65. The molecule has 1 unspecified atom stereocenters. The molecule has 1 atom stereocenters. The SMILES string of the molecule is CC(F)(OC(F)(F)S(=O)(=O)O)C(F)(F)OCF. The third-order valence-electron chi connectivity index (χ3n) is 1.37. The minimum atomic E-state index is -6.29. The zero-order valence-electron chi connectivity index (χ0n) is 7.96. The van der Waals surface area contributed by atoms with Crippen LogP contribution in [0.4, 0.5) is 26.3 Å². The molecule has 0 aliphatic carbocycles. The molecule has 0 aromatic heterocycles. The van der Waals surface area contributed by atoms with Crippen molar-refractivity contribution < 1.29 is 48.8 Å². The minimum absolute atomic E-state index is 0.332. The van der Waals surface area contributed by atoms with Gasteiger partial charge >= 0.3 is 27.5 Å². The monoisotopic (exact) mass is 292 g/mol. The van der Waals surface area contributed by atoms with Crippen molar-refractivity contribution in [3.05, 3.63) is 0 Å².